The van der Waals surface area contributed by atoms with Gasteiger partial charge in [-0.05, 0) is 50.4 Å². The van der Waals surface area contributed by atoms with Crippen LogP contribution in [0.4, 0.5) is 0 Å². The van der Waals surface area contributed by atoms with Gasteiger partial charge in [0.15, 0.2) is 0 Å². The van der Waals surface area contributed by atoms with E-state index < -0.39 is 0 Å². The number of nitrogens with one attached hydrogen (secondary N) is 1. The number of hydrogen-bond acceptors (Lipinski definition) is 3. The van der Waals surface area contributed by atoms with E-state index in [-0.39, 0.29) is 0 Å². The Bertz CT molecular complexity index is 529. The zero-order valence-electron chi connectivity index (χ0n) is 10.7. The molecule has 0 aromatic carbocycles. The molecule has 1 atom stereocenters. The van der Waals surface area contributed by atoms with E-state index in [1.54, 1.807) is 7.11 Å². The molecule has 2 aromatic rings. The summed E-state index contributed by atoms with van der Waals surface area (Å²) in [6.45, 7) is 2.29. The van der Waals surface area contributed by atoms with Crippen molar-refractivity contribution in [2.45, 2.75) is 19.3 Å². The lowest BCUT2D eigenvalue weighted by molar-refractivity contribution is 0.374. The van der Waals surface area contributed by atoms with E-state index in [1.807, 2.05) is 22.7 Å². The SMILES string of the molecule is COc1ccc2nc(CC3CCCNC3)cn2c1. The zero-order valence-corrected chi connectivity index (χ0v) is 10.7. The summed E-state index contributed by atoms with van der Waals surface area (Å²) in [5.41, 5.74) is 2.17. The Morgan fingerprint density at radius 3 is 3.17 bits per heavy atom. The monoisotopic (exact) mass is 245 g/mol. The summed E-state index contributed by atoms with van der Waals surface area (Å²) in [5.74, 6) is 1.59. The largest absolute Gasteiger partial charge is 0.495 e. The average molecular weight is 245 g/mol. The van der Waals surface area contributed by atoms with Crippen molar-refractivity contribution >= 4 is 5.65 Å². The number of pyridine rings is 1. The van der Waals surface area contributed by atoms with Gasteiger partial charge in [-0.15, -0.1) is 0 Å². The van der Waals surface area contributed by atoms with Gasteiger partial charge in [-0.1, -0.05) is 0 Å². The quantitative estimate of drug-likeness (QED) is 0.897. The number of imidazole rings is 1. The van der Waals surface area contributed by atoms with E-state index in [4.69, 9.17) is 4.74 Å². The third-order valence-corrected chi connectivity index (χ3v) is 3.61. The van der Waals surface area contributed by atoms with E-state index in [9.17, 15) is 0 Å². The Kier molecular flexibility index (Phi) is 3.19. The normalized spacial score (nSPS) is 20.2. The first-order valence-electron chi connectivity index (χ1n) is 6.57. The van der Waals surface area contributed by atoms with Crippen molar-refractivity contribution in [3.63, 3.8) is 0 Å². The van der Waals surface area contributed by atoms with E-state index in [0.29, 0.717) is 0 Å². The lowest BCUT2D eigenvalue weighted by atomic mass is 9.95. The number of methoxy groups -OCH3 is 1. The number of ether oxygens (including phenoxy) is 1. The first-order valence-corrected chi connectivity index (χ1v) is 6.57. The summed E-state index contributed by atoms with van der Waals surface area (Å²) in [6, 6.07) is 3.95. The second kappa shape index (κ2) is 4.98. The number of piperidine rings is 1. The maximum atomic E-state index is 5.22. The molecular formula is C14H19N3O. The van der Waals surface area contributed by atoms with Gasteiger partial charge in [0.25, 0.3) is 0 Å². The summed E-state index contributed by atoms with van der Waals surface area (Å²) >= 11 is 0. The van der Waals surface area contributed by atoms with Crippen LogP contribution in [0.15, 0.2) is 24.5 Å². The van der Waals surface area contributed by atoms with Crippen LogP contribution in [-0.2, 0) is 6.42 Å². The van der Waals surface area contributed by atoms with E-state index in [2.05, 4.69) is 16.5 Å². The molecule has 96 valence electrons. The molecule has 3 rings (SSSR count). The highest BCUT2D eigenvalue weighted by Gasteiger charge is 2.15. The predicted octanol–water partition coefficient (Wildman–Crippen LogP) is 1.89. The van der Waals surface area contributed by atoms with Crippen LogP contribution in [0.1, 0.15) is 18.5 Å². The van der Waals surface area contributed by atoms with Crippen molar-refractivity contribution in [1.82, 2.24) is 14.7 Å². The van der Waals surface area contributed by atoms with Gasteiger partial charge in [-0.3, -0.25) is 0 Å². The molecule has 1 N–H and O–H groups in total. The Hall–Kier alpha value is -1.55. The zero-order chi connectivity index (χ0) is 12.4. The molecule has 1 aliphatic heterocycles. The van der Waals surface area contributed by atoms with E-state index in [0.717, 1.165) is 30.3 Å². The first kappa shape index (κ1) is 11.5. The van der Waals surface area contributed by atoms with Gasteiger partial charge in [-0.2, -0.15) is 0 Å². The van der Waals surface area contributed by atoms with Crippen LogP contribution >= 0.6 is 0 Å². The molecule has 0 saturated carbocycles. The Morgan fingerprint density at radius 1 is 1.44 bits per heavy atom. The molecule has 0 amide bonds. The van der Waals surface area contributed by atoms with Gasteiger partial charge in [0, 0.05) is 6.20 Å². The van der Waals surface area contributed by atoms with Gasteiger partial charge >= 0.3 is 0 Å². The fourth-order valence-corrected chi connectivity index (χ4v) is 2.64. The molecule has 18 heavy (non-hydrogen) atoms. The van der Waals surface area contributed by atoms with Crippen molar-refractivity contribution in [3.8, 4) is 5.75 Å². The van der Waals surface area contributed by atoms with E-state index >= 15 is 0 Å². The van der Waals surface area contributed by atoms with Crippen LogP contribution < -0.4 is 10.1 Å². The van der Waals surface area contributed by atoms with Gasteiger partial charge in [0.1, 0.15) is 11.4 Å². The summed E-state index contributed by atoms with van der Waals surface area (Å²) in [5, 5.41) is 3.45. The van der Waals surface area contributed by atoms with Gasteiger partial charge in [-0.25, -0.2) is 4.98 Å². The first-order chi connectivity index (χ1) is 8.85. The standard InChI is InChI=1S/C14H19N3O/c1-18-13-4-5-14-16-12(9-17(14)10-13)7-11-3-2-6-15-8-11/h4-5,9-11,15H,2-3,6-8H2,1H3. The van der Waals surface area contributed by atoms with Crippen LogP contribution in [0.2, 0.25) is 0 Å². The number of nitrogens with zero attached hydrogens (tertiary/aromatic N) is 2. The van der Waals surface area contributed by atoms with Crippen molar-refractivity contribution in [1.29, 1.82) is 0 Å². The lowest BCUT2D eigenvalue weighted by Gasteiger charge is -2.21. The highest BCUT2D eigenvalue weighted by atomic mass is 16.5. The van der Waals surface area contributed by atoms with Crippen molar-refractivity contribution in [2.24, 2.45) is 5.92 Å². The second-order valence-corrected chi connectivity index (χ2v) is 4.98. The summed E-state index contributed by atoms with van der Waals surface area (Å²) in [7, 11) is 1.69. The topological polar surface area (TPSA) is 38.6 Å². The number of rotatable bonds is 3. The molecule has 4 nitrogen and oxygen atoms in total. The highest BCUT2D eigenvalue weighted by Crippen LogP contribution is 2.18. The van der Waals surface area contributed by atoms with Crippen LogP contribution in [-0.4, -0.2) is 29.6 Å². The molecule has 0 bridgehead atoms. The Balaban J connectivity index is 1.79. The molecule has 0 spiro atoms. The van der Waals surface area contributed by atoms with Crippen molar-refractivity contribution in [2.75, 3.05) is 20.2 Å². The third-order valence-electron chi connectivity index (χ3n) is 3.61. The summed E-state index contributed by atoms with van der Waals surface area (Å²) in [4.78, 5) is 4.66. The van der Waals surface area contributed by atoms with Gasteiger partial charge in [0.2, 0.25) is 0 Å². The summed E-state index contributed by atoms with van der Waals surface area (Å²) < 4.78 is 7.27. The average Bonchev–Trinajstić information content (AvgIpc) is 2.80. The smallest absolute Gasteiger partial charge is 0.137 e. The molecule has 4 heteroatoms. The minimum Gasteiger partial charge on any atom is -0.495 e. The predicted molar refractivity (Wildman–Crippen MR) is 71.0 cm³/mol. The van der Waals surface area contributed by atoms with Crippen molar-refractivity contribution in [3.05, 3.63) is 30.2 Å². The maximum Gasteiger partial charge on any atom is 0.137 e. The number of fused-ring (bicyclic) bond motifs is 1. The summed E-state index contributed by atoms with van der Waals surface area (Å²) in [6.07, 6.45) is 7.75. The molecule has 1 saturated heterocycles. The molecule has 1 fully saturated rings. The number of aromatic nitrogens is 2. The Labute approximate surface area is 107 Å². The fraction of sp³-hybridized carbons (Fsp3) is 0.500. The van der Waals surface area contributed by atoms with Crippen LogP contribution in [0.5, 0.6) is 5.75 Å². The third kappa shape index (κ3) is 2.34. The van der Waals surface area contributed by atoms with Crippen LogP contribution in [0, 0.1) is 5.92 Å². The van der Waals surface area contributed by atoms with Crippen LogP contribution in [0.3, 0.4) is 0 Å². The maximum absolute atomic E-state index is 5.22. The molecule has 0 radical (unpaired) electrons. The van der Waals surface area contributed by atoms with E-state index in [1.165, 1.54) is 25.1 Å². The molecule has 1 unspecified atom stereocenters. The fourth-order valence-electron chi connectivity index (χ4n) is 2.64. The molecular weight excluding hydrogens is 226 g/mol. The van der Waals surface area contributed by atoms with Crippen molar-refractivity contribution < 1.29 is 4.74 Å². The molecule has 0 aliphatic carbocycles. The molecule has 3 heterocycles. The Morgan fingerprint density at radius 2 is 2.39 bits per heavy atom. The molecule has 2 aromatic heterocycles. The minimum atomic E-state index is 0.727. The molecule has 1 aliphatic rings. The van der Waals surface area contributed by atoms with Gasteiger partial charge < -0.3 is 14.5 Å². The van der Waals surface area contributed by atoms with Gasteiger partial charge in [0.05, 0.1) is 19.0 Å². The lowest BCUT2D eigenvalue weighted by Crippen LogP contribution is -2.30. The number of hydrogen-bond donors (Lipinski definition) is 1. The second-order valence-electron chi connectivity index (χ2n) is 4.98. The highest BCUT2D eigenvalue weighted by molar-refractivity contribution is 5.43. The minimum absolute atomic E-state index is 0.727. The van der Waals surface area contributed by atoms with Crippen LogP contribution in [0.25, 0.3) is 5.65 Å².